The molecular weight excluding hydrogens is 380 g/mol. The molecule has 2 aliphatic rings. The molecule has 4 rings (SSSR count). The number of aromatic nitrogens is 2. The molecule has 0 amide bonds. The van der Waals surface area contributed by atoms with E-state index in [1.807, 2.05) is 31.3 Å². The van der Waals surface area contributed by atoms with Gasteiger partial charge in [-0.3, -0.25) is 14.4 Å². The van der Waals surface area contributed by atoms with Crippen molar-refractivity contribution >= 4 is 11.8 Å². The minimum atomic E-state index is -1.06. The SMILES string of the molecule is CN(C)C=C1CCc2c(C(=O)O)nn(C3CCN(Cc4ccccc4)CC3)c2C1=O. The molecule has 1 N–H and O–H groups in total. The van der Waals surface area contributed by atoms with Crippen molar-refractivity contribution in [2.24, 2.45) is 0 Å². The molecule has 0 radical (unpaired) electrons. The van der Waals surface area contributed by atoms with Crippen molar-refractivity contribution in [3.8, 4) is 0 Å². The molecule has 1 aliphatic carbocycles. The molecule has 0 saturated carbocycles. The minimum absolute atomic E-state index is 0.0361. The lowest BCUT2D eigenvalue weighted by atomic mass is 9.90. The Labute approximate surface area is 176 Å². The quantitative estimate of drug-likeness (QED) is 0.767. The standard InChI is InChI=1S/C23H28N4O3/c1-25(2)15-17-8-9-19-20(23(29)30)24-27(21(19)22(17)28)18-10-12-26(13-11-18)14-16-6-4-3-5-7-16/h3-7,15,18H,8-14H2,1-2H3,(H,29,30). The molecule has 158 valence electrons. The van der Waals surface area contributed by atoms with Crippen molar-refractivity contribution in [2.75, 3.05) is 27.2 Å². The summed E-state index contributed by atoms with van der Waals surface area (Å²) in [4.78, 5) is 29.2. The molecule has 1 aliphatic heterocycles. The molecule has 1 aromatic carbocycles. The maximum atomic E-state index is 13.2. The first-order valence-corrected chi connectivity index (χ1v) is 10.5. The van der Waals surface area contributed by atoms with Crippen LogP contribution in [-0.2, 0) is 13.0 Å². The topological polar surface area (TPSA) is 78.7 Å². The molecule has 1 saturated heterocycles. The number of carboxylic acids is 1. The van der Waals surface area contributed by atoms with Crippen LogP contribution in [0.1, 0.15) is 57.4 Å². The van der Waals surface area contributed by atoms with Gasteiger partial charge < -0.3 is 10.0 Å². The summed E-state index contributed by atoms with van der Waals surface area (Å²) in [6, 6.07) is 10.4. The van der Waals surface area contributed by atoms with Gasteiger partial charge in [0, 0.05) is 51.1 Å². The number of aromatic carboxylic acids is 1. The summed E-state index contributed by atoms with van der Waals surface area (Å²) < 4.78 is 1.73. The molecule has 2 heterocycles. The number of benzene rings is 1. The van der Waals surface area contributed by atoms with Crippen molar-refractivity contribution < 1.29 is 14.7 Å². The van der Waals surface area contributed by atoms with Gasteiger partial charge >= 0.3 is 5.97 Å². The monoisotopic (exact) mass is 408 g/mol. The number of nitrogens with zero attached hydrogens (tertiary/aromatic N) is 4. The van der Waals surface area contributed by atoms with Crippen molar-refractivity contribution in [2.45, 2.75) is 38.3 Å². The summed E-state index contributed by atoms with van der Waals surface area (Å²) in [5.41, 5.74) is 3.11. The lowest BCUT2D eigenvalue weighted by molar-refractivity contribution is 0.0687. The van der Waals surface area contributed by atoms with Crippen LogP contribution in [0.25, 0.3) is 0 Å². The fourth-order valence-corrected chi connectivity index (χ4v) is 4.51. The molecule has 7 nitrogen and oxygen atoms in total. The Kier molecular flexibility index (Phi) is 5.72. The molecule has 1 aromatic heterocycles. The predicted molar refractivity (Wildman–Crippen MR) is 114 cm³/mol. The number of likely N-dealkylation sites (tertiary alicyclic amines) is 1. The van der Waals surface area contributed by atoms with Gasteiger partial charge in [-0.15, -0.1) is 0 Å². The van der Waals surface area contributed by atoms with Gasteiger partial charge in [0.1, 0.15) is 5.69 Å². The maximum Gasteiger partial charge on any atom is 0.356 e. The second kappa shape index (κ2) is 8.44. The summed E-state index contributed by atoms with van der Waals surface area (Å²) in [5, 5.41) is 14.1. The number of carboxylic acid groups (broad SMARTS) is 1. The highest BCUT2D eigenvalue weighted by Gasteiger charge is 2.35. The third kappa shape index (κ3) is 4.03. The van der Waals surface area contributed by atoms with Gasteiger partial charge in [-0.05, 0) is 31.2 Å². The van der Waals surface area contributed by atoms with E-state index < -0.39 is 5.97 Å². The first kappa shape index (κ1) is 20.3. The predicted octanol–water partition coefficient (Wildman–Crippen LogP) is 2.99. The van der Waals surface area contributed by atoms with E-state index in [1.54, 1.807) is 4.68 Å². The second-order valence-electron chi connectivity index (χ2n) is 8.37. The number of rotatable bonds is 5. The molecule has 30 heavy (non-hydrogen) atoms. The van der Waals surface area contributed by atoms with Crippen LogP contribution in [0.4, 0.5) is 0 Å². The highest BCUT2D eigenvalue weighted by atomic mass is 16.4. The minimum Gasteiger partial charge on any atom is -0.476 e. The second-order valence-corrected chi connectivity index (χ2v) is 8.37. The van der Waals surface area contributed by atoms with E-state index in [9.17, 15) is 14.7 Å². The Bertz CT molecular complexity index is 970. The van der Waals surface area contributed by atoms with Crippen LogP contribution in [0, 0.1) is 0 Å². The van der Waals surface area contributed by atoms with E-state index in [0.29, 0.717) is 29.7 Å². The van der Waals surface area contributed by atoms with Crippen molar-refractivity contribution in [1.82, 2.24) is 19.6 Å². The Morgan fingerprint density at radius 2 is 1.90 bits per heavy atom. The van der Waals surface area contributed by atoms with E-state index in [4.69, 9.17) is 0 Å². The number of hydrogen-bond acceptors (Lipinski definition) is 5. The smallest absolute Gasteiger partial charge is 0.356 e. The Morgan fingerprint density at radius 1 is 1.20 bits per heavy atom. The van der Waals surface area contributed by atoms with Crippen LogP contribution in [0.2, 0.25) is 0 Å². The third-order valence-electron chi connectivity index (χ3n) is 5.93. The molecule has 0 unspecified atom stereocenters. The first-order chi connectivity index (χ1) is 14.4. The van der Waals surface area contributed by atoms with Gasteiger partial charge in [-0.1, -0.05) is 30.3 Å². The highest BCUT2D eigenvalue weighted by Crippen LogP contribution is 2.33. The molecule has 0 bridgehead atoms. The lowest BCUT2D eigenvalue weighted by Gasteiger charge is -2.33. The van der Waals surface area contributed by atoms with Gasteiger partial charge in [-0.25, -0.2) is 4.79 Å². The number of piperidine rings is 1. The Balaban J connectivity index is 1.56. The zero-order chi connectivity index (χ0) is 21.3. The van der Waals surface area contributed by atoms with Gasteiger partial charge in [0.2, 0.25) is 5.78 Å². The number of ketones is 1. The normalized spacial score (nSPS) is 19.1. The largest absolute Gasteiger partial charge is 0.476 e. The van der Waals surface area contributed by atoms with E-state index in [-0.39, 0.29) is 17.5 Å². The van der Waals surface area contributed by atoms with E-state index >= 15 is 0 Å². The van der Waals surface area contributed by atoms with Crippen LogP contribution in [-0.4, -0.2) is 63.6 Å². The van der Waals surface area contributed by atoms with E-state index in [0.717, 1.165) is 32.5 Å². The number of Topliss-reactive ketones (excluding diaryl/α,β-unsaturated/α-hetero) is 1. The van der Waals surface area contributed by atoms with Crippen LogP contribution in [0.15, 0.2) is 42.1 Å². The van der Waals surface area contributed by atoms with Crippen molar-refractivity contribution in [3.05, 3.63) is 64.6 Å². The van der Waals surface area contributed by atoms with Crippen molar-refractivity contribution in [3.63, 3.8) is 0 Å². The molecular formula is C23H28N4O3. The summed E-state index contributed by atoms with van der Waals surface area (Å²) in [7, 11) is 3.77. The average Bonchev–Trinajstić information content (AvgIpc) is 3.12. The Morgan fingerprint density at radius 3 is 2.53 bits per heavy atom. The van der Waals surface area contributed by atoms with Crippen LogP contribution >= 0.6 is 0 Å². The zero-order valence-electron chi connectivity index (χ0n) is 17.5. The maximum absolute atomic E-state index is 13.2. The average molecular weight is 409 g/mol. The fourth-order valence-electron chi connectivity index (χ4n) is 4.51. The highest BCUT2D eigenvalue weighted by molar-refractivity contribution is 6.11. The summed E-state index contributed by atoms with van der Waals surface area (Å²) in [6.45, 7) is 2.69. The number of hydrogen-bond donors (Lipinski definition) is 1. The van der Waals surface area contributed by atoms with Crippen LogP contribution < -0.4 is 0 Å². The first-order valence-electron chi connectivity index (χ1n) is 10.5. The van der Waals surface area contributed by atoms with Crippen molar-refractivity contribution in [1.29, 1.82) is 0 Å². The number of allylic oxidation sites excluding steroid dienone is 1. The van der Waals surface area contributed by atoms with E-state index in [1.165, 1.54) is 5.56 Å². The lowest BCUT2D eigenvalue weighted by Crippen LogP contribution is -2.35. The number of carbonyl (C=O) groups excluding carboxylic acids is 1. The molecule has 7 heteroatoms. The Hall–Kier alpha value is -2.93. The summed E-state index contributed by atoms with van der Waals surface area (Å²) in [5.74, 6) is -1.14. The molecule has 0 atom stereocenters. The number of fused-ring (bicyclic) bond motifs is 1. The van der Waals surface area contributed by atoms with Gasteiger partial charge in [0.05, 0.1) is 6.04 Å². The van der Waals surface area contributed by atoms with Crippen LogP contribution in [0.5, 0.6) is 0 Å². The molecule has 0 spiro atoms. The van der Waals surface area contributed by atoms with Crippen LogP contribution in [0.3, 0.4) is 0 Å². The molecule has 1 fully saturated rings. The fraction of sp³-hybridized carbons (Fsp3) is 0.435. The van der Waals surface area contributed by atoms with Gasteiger partial charge in [0.25, 0.3) is 0 Å². The van der Waals surface area contributed by atoms with Gasteiger partial charge in [0.15, 0.2) is 5.69 Å². The van der Waals surface area contributed by atoms with E-state index in [2.05, 4.69) is 34.3 Å². The molecule has 2 aromatic rings. The third-order valence-corrected chi connectivity index (χ3v) is 5.93. The number of carbonyl (C=O) groups is 2. The summed E-state index contributed by atoms with van der Waals surface area (Å²) in [6.07, 6.45) is 4.62. The summed E-state index contributed by atoms with van der Waals surface area (Å²) >= 11 is 0. The van der Waals surface area contributed by atoms with Gasteiger partial charge in [-0.2, -0.15) is 5.10 Å². The zero-order valence-corrected chi connectivity index (χ0v) is 17.5.